The van der Waals surface area contributed by atoms with E-state index in [1.807, 2.05) is 18.2 Å². The van der Waals surface area contributed by atoms with Gasteiger partial charge >= 0.3 is 0 Å². The van der Waals surface area contributed by atoms with E-state index in [0.29, 0.717) is 11.3 Å². The summed E-state index contributed by atoms with van der Waals surface area (Å²) in [6.07, 6.45) is 2.88. The molecule has 0 atom stereocenters. The molecule has 0 aromatic heterocycles. The fourth-order valence-electron chi connectivity index (χ4n) is 1.66. The van der Waals surface area contributed by atoms with Crippen molar-refractivity contribution in [1.82, 2.24) is 0 Å². The summed E-state index contributed by atoms with van der Waals surface area (Å²) in [4.78, 5) is 22.0. The largest absolute Gasteiger partial charge is 0.322 e. The monoisotopic (exact) mass is 394 g/mol. The van der Waals surface area contributed by atoms with Crippen LogP contribution in [0.4, 0.5) is 11.4 Å². The van der Waals surface area contributed by atoms with Crippen molar-refractivity contribution < 1.29 is 9.72 Å². The number of carbonyl (C=O) groups excluding carboxylic acids is 1. The second-order valence-corrected chi connectivity index (χ2v) is 5.43. The van der Waals surface area contributed by atoms with Crippen molar-refractivity contribution in [3.8, 4) is 0 Å². The van der Waals surface area contributed by atoms with E-state index in [1.165, 1.54) is 24.3 Å². The Balaban J connectivity index is 2.05. The fraction of sp³-hybridized carbons (Fsp3) is 0. The number of nitrogens with one attached hydrogen (secondary N) is 1. The Morgan fingerprint density at radius 3 is 2.67 bits per heavy atom. The number of hydrogen-bond acceptors (Lipinski definition) is 3. The van der Waals surface area contributed by atoms with E-state index in [4.69, 9.17) is 0 Å². The van der Waals surface area contributed by atoms with Crippen LogP contribution in [0.25, 0.3) is 6.08 Å². The number of carbonyl (C=O) groups is 1. The normalized spacial score (nSPS) is 10.5. The second-order valence-electron chi connectivity index (χ2n) is 4.19. The molecule has 106 valence electrons. The molecule has 2 aromatic carbocycles. The van der Waals surface area contributed by atoms with Crippen LogP contribution >= 0.6 is 22.6 Å². The minimum atomic E-state index is -0.469. The first-order chi connectivity index (χ1) is 10.0. The predicted molar refractivity (Wildman–Crippen MR) is 89.9 cm³/mol. The summed E-state index contributed by atoms with van der Waals surface area (Å²) in [5.41, 5.74) is 1.30. The van der Waals surface area contributed by atoms with Gasteiger partial charge in [-0.3, -0.25) is 14.9 Å². The lowest BCUT2D eigenvalue weighted by atomic mass is 10.2. The summed E-state index contributed by atoms with van der Waals surface area (Å²) in [6, 6.07) is 13.5. The standard InChI is InChI=1S/C15H11IN2O3/c16-12-4-2-5-13(10-12)17-15(19)8-7-11-3-1-6-14(9-11)18(20)21/h1-10H,(H,17,19). The zero-order valence-corrected chi connectivity index (χ0v) is 13.0. The summed E-state index contributed by atoms with van der Waals surface area (Å²) in [6.45, 7) is 0. The molecule has 0 fully saturated rings. The minimum Gasteiger partial charge on any atom is -0.322 e. The number of rotatable bonds is 4. The third-order valence-electron chi connectivity index (χ3n) is 2.60. The zero-order chi connectivity index (χ0) is 15.2. The number of benzene rings is 2. The van der Waals surface area contributed by atoms with E-state index >= 15 is 0 Å². The molecule has 1 N–H and O–H groups in total. The van der Waals surface area contributed by atoms with Gasteiger partial charge in [-0.05, 0) is 52.4 Å². The number of nitro groups is 1. The number of amides is 1. The smallest absolute Gasteiger partial charge is 0.270 e. The average molecular weight is 394 g/mol. The third kappa shape index (κ3) is 4.67. The molecule has 0 aliphatic heterocycles. The maximum atomic E-state index is 11.8. The highest BCUT2D eigenvalue weighted by Crippen LogP contribution is 2.15. The van der Waals surface area contributed by atoms with Crippen LogP contribution in [-0.4, -0.2) is 10.8 Å². The number of halogens is 1. The lowest BCUT2D eigenvalue weighted by Gasteiger charge is -2.02. The first-order valence-electron chi connectivity index (χ1n) is 6.04. The van der Waals surface area contributed by atoms with Gasteiger partial charge in [0.2, 0.25) is 5.91 Å². The van der Waals surface area contributed by atoms with Crippen LogP contribution in [0.1, 0.15) is 5.56 Å². The van der Waals surface area contributed by atoms with Crippen LogP contribution in [0.3, 0.4) is 0 Å². The van der Waals surface area contributed by atoms with Gasteiger partial charge < -0.3 is 5.32 Å². The predicted octanol–water partition coefficient (Wildman–Crippen LogP) is 3.85. The molecular weight excluding hydrogens is 383 g/mol. The first-order valence-corrected chi connectivity index (χ1v) is 7.11. The maximum Gasteiger partial charge on any atom is 0.270 e. The molecule has 0 aliphatic rings. The van der Waals surface area contributed by atoms with E-state index in [0.717, 1.165) is 3.57 Å². The van der Waals surface area contributed by atoms with E-state index < -0.39 is 4.92 Å². The highest BCUT2D eigenvalue weighted by Gasteiger charge is 2.04. The Labute approximate surface area is 135 Å². The molecule has 2 rings (SSSR count). The Morgan fingerprint density at radius 1 is 1.19 bits per heavy atom. The SMILES string of the molecule is O=C(C=Cc1cccc([N+](=O)[O-])c1)Nc1cccc(I)c1. The van der Waals surface area contributed by atoms with Crippen molar-refractivity contribution >= 4 is 45.9 Å². The second kappa shape index (κ2) is 6.98. The molecule has 0 aliphatic carbocycles. The van der Waals surface area contributed by atoms with Gasteiger partial charge in [-0.2, -0.15) is 0 Å². The van der Waals surface area contributed by atoms with Crippen LogP contribution in [0.2, 0.25) is 0 Å². The van der Waals surface area contributed by atoms with E-state index in [2.05, 4.69) is 27.9 Å². The highest BCUT2D eigenvalue weighted by atomic mass is 127. The third-order valence-corrected chi connectivity index (χ3v) is 3.27. The summed E-state index contributed by atoms with van der Waals surface area (Å²) in [7, 11) is 0. The average Bonchev–Trinajstić information content (AvgIpc) is 2.45. The molecule has 0 heterocycles. The highest BCUT2D eigenvalue weighted by molar-refractivity contribution is 14.1. The zero-order valence-electron chi connectivity index (χ0n) is 10.8. The summed E-state index contributed by atoms with van der Waals surface area (Å²) >= 11 is 2.16. The van der Waals surface area contributed by atoms with Crippen molar-refractivity contribution in [2.24, 2.45) is 0 Å². The molecule has 0 saturated carbocycles. The summed E-state index contributed by atoms with van der Waals surface area (Å²) in [5, 5.41) is 13.4. The Kier molecular flexibility index (Phi) is 5.04. The molecule has 5 nitrogen and oxygen atoms in total. The topological polar surface area (TPSA) is 72.2 Å². The maximum absolute atomic E-state index is 11.8. The molecule has 1 amide bonds. The van der Waals surface area contributed by atoms with Crippen LogP contribution in [0.15, 0.2) is 54.6 Å². The van der Waals surface area contributed by atoms with Crippen molar-refractivity contribution in [2.75, 3.05) is 5.32 Å². The van der Waals surface area contributed by atoms with Crippen LogP contribution in [-0.2, 0) is 4.79 Å². The summed E-state index contributed by atoms with van der Waals surface area (Å²) < 4.78 is 1.02. The summed E-state index contributed by atoms with van der Waals surface area (Å²) in [5.74, 6) is -0.288. The Morgan fingerprint density at radius 2 is 1.95 bits per heavy atom. The van der Waals surface area contributed by atoms with Gasteiger partial charge in [0.25, 0.3) is 5.69 Å². The minimum absolute atomic E-state index is 0.00447. The van der Waals surface area contributed by atoms with Gasteiger partial charge in [0.1, 0.15) is 0 Å². The van der Waals surface area contributed by atoms with Gasteiger partial charge in [0.05, 0.1) is 4.92 Å². The van der Waals surface area contributed by atoms with Crippen LogP contribution < -0.4 is 5.32 Å². The lowest BCUT2D eigenvalue weighted by molar-refractivity contribution is -0.384. The molecule has 0 bridgehead atoms. The lowest BCUT2D eigenvalue weighted by Crippen LogP contribution is -2.07. The van der Waals surface area contributed by atoms with Gasteiger partial charge in [-0.1, -0.05) is 18.2 Å². The molecular formula is C15H11IN2O3. The van der Waals surface area contributed by atoms with Crippen molar-refractivity contribution in [3.05, 3.63) is 73.9 Å². The van der Waals surface area contributed by atoms with Crippen molar-refractivity contribution in [3.63, 3.8) is 0 Å². The number of nitro benzene ring substituents is 1. The van der Waals surface area contributed by atoms with Crippen LogP contribution in [0, 0.1) is 13.7 Å². The van der Waals surface area contributed by atoms with Crippen molar-refractivity contribution in [2.45, 2.75) is 0 Å². The van der Waals surface area contributed by atoms with Crippen LogP contribution in [0.5, 0.6) is 0 Å². The van der Waals surface area contributed by atoms with Gasteiger partial charge in [-0.15, -0.1) is 0 Å². The number of anilines is 1. The Hall–Kier alpha value is -2.22. The van der Waals surface area contributed by atoms with Gasteiger partial charge in [-0.25, -0.2) is 0 Å². The molecule has 0 radical (unpaired) electrons. The van der Waals surface area contributed by atoms with Gasteiger partial charge in [0.15, 0.2) is 0 Å². The quantitative estimate of drug-likeness (QED) is 0.371. The number of non-ortho nitro benzene ring substituents is 1. The molecule has 0 spiro atoms. The first kappa shape index (κ1) is 15.2. The number of nitrogens with zero attached hydrogens (tertiary/aromatic N) is 1. The van der Waals surface area contributed by atoms with E-state index in [9.17, 15) is 14.9 Å². The Bertz CT molecular complexity index is 714. The van der Waals surface area contributed by atoms with E-state index in [-0.39, 0.29) is 11.6 Å². The van der Waals surface area contributed by atoms with Crippen molar-refractivity contribution in [1.29, 1.82) is 0 Å². The fourth-order valence-corrected chi connectivity index (χ4v) is 2.21. The molecule has 21 heavy (non-hydrogen) atoms. The number of hydrogen-bond donors (Lipinski definition) is 1. The molecule has 2 aromatic rings. The van der Waals surface area contributed by atoms with Gasteiger partial charge in [0, 0.05) is 27.5 Å². The van der Waals surface area contributed by atoms with E-state index in [1.54, 1.807) is 18.2 Å². The molecule has 0 saturated heterocycles. The molecule has 0 unspecified atom stereocenters. The molecule has 6 heteroatoms.